The summed E-state index contributed by atoms with van der Waals surface area (Å²) in [5.41, 5.74) is 1.58. The first-order chi connectivity index (χ1) is 10.1. The summed E-state index contributed by atoms with van der Waals surface area (Å²) in [6.07, 6.45) is 0.637. The Morgan fingerprint density at radius 3 is 2.48 bits per heavy atom. The van der Waals surface area contributed by atoms with Crippen molar-refractivity contribution >= 4 is 17.9 Å². The van der Waals surface area contributed by atoms with Gasteiger partial charge in [0.15, 0.2) is 11.5 Å². The summed E-state index contributed by atoms with van der Waals surface area (Å²) in [5.74, 6) is 1.19. The van der Waals surface area contributed by atoms with Crippen LogP contribution >= 0.6 is 11.6 Å². The van der Waals surface area contributed by atoms with Crippen molar-refractivity contribution in [3.8, 4) is 11.5 Å². The molecule has 0 aromatic heterocycles. The molecule has 21 heavy (non-hydrogen) atoms. The van der Waals surface area contributed by atoms with E-state index < -0.39 is 0 Å². The highest BCUT2D eigenvalue weighted by atomic mass is 35.5. The summed E-state index contributed by atoms with van der Waals surface area (Å²) >= 11 is 5.88. The van der Waals surface area contributed by atoms with Crippen LogP contribution in [0.25, 0.3) is 0 Å². The Hall–Kier alpha value is -2.00. The van der Waals surface area contributed by atoms with Gasteiger partial charge >= 0.3 is 0 Å². The lowest BCUT2D eigenvalue weighted by Crippen LogP contribution is -2.05. The zero-order chi connectivity index (χ0) is 15.2. The van der Waals surface area contributed by atoms with Crippen LogP contribution in [-0.4, -0.2) is 12.9 Å². The molecule has 2 aromatic carbocycles. The summed E-state index contributed by atoms with van der Waals surface area (Å²) in [7, 11) is 0. The van der Waals surface area contributed by atoms with Crippen molar-refractivity contribution in [1.82, 2.24) is 0 Å². The fraction of sp³-hybridized carbons (Fsp3) is 0.235. The maximum absolute atomic E-state index is 10.8. The van der Waals surface area contributed by atoms with Crippen LogP contribution in [0.4, 0.5) is 0 Å². The van der Waals surface area contributed by atoms with E-state index in [9.17, 15) is 4.79 Å². The standard InChI is InChI=1S/C17H17ClO3/c1-3-20-17-10-13(11-19)4-9-16(17)21-12(2)14-5-7-15(18)8-6-14/h4-12H,3H2,1-2H3. The first kappa shape index (κ1) is 15.4. The summed E-state index contributed by atoms with van der Waals surface area (Å²) < 4.78 is 11.5. The lowest BCUT2D eigenvalue weighted by atomic mass is 10.1. The normalized spacial score (nSPS) is 11.8. The first-order valence-electron chi connectivity index (χ1n) is 6.78. The molecule has 0 amide bonds. The van der Waals surface area contributed by atoms with Crippen LogP contribution in [0.3, 0.4) is 0 Å². The van der Waals surface area contributed by atoms with E-state index in [-0.39, 0.29) is 6.10 Å². The molecule has 2 rings (SSSR count). The number of carbonyl (C=O) groups excluding carboxylic acids is 1. The lowest BCUT2D eigenvalue weighted by Gasteiger charge is -2.18. The van der Waals surface area contributed by atoms with Crippen molar-refractivity contribution in [2.24, 2.45) is 0 Å². The monoisotopic (exact) mass is 304 g/mol. The molecule has 0 saturated carbocycles. The molecule has 1 unspecified atom stereocenters. The van der Waals surface area contributed by atoms with Gasteiger partial charge in [0.1, 0.15) is 12.4 Å². The van der Waals surface area contributed by atoms with Crippen molar-refractivity contribution < 1.29 is 14.3 Å². The number of hydrogen-bond acceptors (Lipinski definition) is 3. The van der Waals surface area contributed by atoms with Crippen LogP contribution in [0.5, 0.6) is 11.5 Å². The second kappa shape index (κ2) is 7.14. The van der Waals surface area contributed by atoms with Crippen LogP contribution in [0.15, 0.2) is 42.5 Å². The third-order valence-electron chi connectivity index (χ3n) is 3.05. The molecule has 1 atom stereocenters. The van der Waals surface area contributed by atoms with E-state index in [1.165, 1.54) is 0 Å². The molecule has 0 N–H and O–H groups in total. The number of halogens is 1. The number of hydrogen-bond donors (Lipinski definition) is 0. The van der Waals surface area contributed by atoms with Gasteiger partial charge in [0, 0.05) is 10.6 Å². The Labute approximate surface area is 129 Å². The second-order valence-electron chi connectivity index (χ2n) is 4.57. The van der Waals surface area contributed by atoms with E-state index in [4.69, 9.17) is 21.1 Å². The van der Waals surface area contributed by atoms with E-state index in [1.54, 1.807) is 18.2 Å². The van der Waals surface area contributed by atoms with Crippen molar-refractivity contribution in [3.05, 3.63) is 58.6 Å². The fourth-order valence-corrected chi connectivity index (χ4v) is 2.08. The highest BCUT2D eigenvalue weighted by molar-refractivity contribution is 6.30. The Morgan fingerprint density at radius 2 is 1.86 bits per heavy atom. The zero-order valence-corrected chi connectivity index (χ0v) is 12.8. The minimum atomic E-state index is -0.149. The minimum absolute atomic E-state index is 0.149. The molecule has 2 aromatic rings. The molecule has 0 saturated heterocycles. The molecule has 0 radical (unpaired) electrons. The van der Waals surface area contributed by atoms with Gasteiger partial charge in [-0.05, 0) is 49.7 Å². The Bertz CT molecular complexity index is 608. The molecule has 0 aliphatic heterocycles. The summed E-state index contributed by atoms with van der Waals surface area (Å²) in [6.45, 7) is 4.35. The predicted molar refractivity (Wildman–Crippen MR) is 83.5 cm³/mol. The molecule has 0 aliphatic rings. The largest absolute Gasteiger partial charge is 0.490 e. The van der Waals surface area contributed by atoms with Crippen LogP contribution in [0.1, 0.15) is 35.9 Å². The molecule has 0 spiro atoms. The smallest absolute Gasteiger partial charge is 0.162 e. The molecule has 3 nitrogen and oxygen atoms in total. The van der Waals surface area contributed by atoms with Gasteiger partial charge in [-0.3, -0.25) is 4.79 Å². The van der Waals surface area contributed by atoms with E-state index in [1.807, 2.05) is 38.1 Å². The number of benzene rings is 2. The molecule has 110 valence electrons. The van der Waals surface area contributed by atoms with Crippen molar-refractivity contribution in [1.29, 1.82) is 0 Å². The quantitative estimate of drug-likeness (QED) is 0.726. The summed E-state index contributed by atoms with van der Waals surface area (Å²) in [4.78, 5) is 10.8. The van der Waals surface area contributed by atoms with Crippen molar-refractivity contribution in [3.63, 3.8) is 0 Å². The summed E-state index contributed by atoms with van der Waals surface area (Å²) in [6, 6.07) is 12.6. The highest BCUT2D eigenvalue weighted by Crippen LogP contribution is 2.32. The lowest BCUT2D eigenvalue weighted by molar-refractivity contribution is 0.112. The van der Waals surface area contributed by atoms with E-state index in [0.29, 0.717) is 28.7 Å². The average Bonchev–Trinajstić information content (AvgIpc) is 2.49. The van der Waals surface area contributed by atoms with Gasteiger partial charge in [0.2, 0.25) is 0 Å². The molecular formula is C17H17ClO3. The van der Waals surface area contributed by atoms with E-state index in [2.05, 4.69) is 0 Å². The Morgan fingerprint density at radius 1 is 1.14 bits per heavy atom. The van der Waals surface area contributed by atoms with Gasteiger partial charge in [0.25, 0.3) is 0 Å². The van der Waals surface area contributed by atoms with Gasteiger partial charge in [-0.15, -0.1) is 0 Å². The summed E-state index contributed by atoms with van der Waals surface area (Å²) in [5, 5.41) is 0.691. The average molecular weight is 305 g/mol. The Balaban J connectivity index is 2.21. The van der Waals surface area contributed by atoms with Crippen molar-refractivity contribution in [2.45, 2.75) is 20.0 Å². The molecule has 0 heterocycles. The van der Waals surface area contributed by atoms with Crippen LogP contribution < -0.4 is 9.47 Å². The number of ether oxygens (including phenoxy) is 2. The maximum atomic E-state index is 10.8. The number of aldehydes is 1. The van der Waals surface area contributed by atoms with Crippen LogP contribution in [0, 0.1) is 0 Å². The predicted octanol–water partition coefficient (Wildman–Crippen LogP) is 4.69. The zero-order valence-electron chi connectivity index (χ0n) is 12.0. The number of rotatable bonds is 6. The molecule has 0 fully saturated rings. The second-order valence-corrected chi connectivity index (χ2v) is 5.01. The SMILES string of the molecule is CCOc1cc(C=O)ccc1OC(C)c1ccc(Cl)cc1. The van der Waals surface area contributed by atoms with Gasteiger partial charge < -0.3 is 9.47 Å². The van der Waals surface area contributed by atoms with Gasteiger partial charge in [-0.1, -0.05) is 23.7 Å². The molecular weight excluding hydrogens is 288 g/mol. The number of carbonyl (C=O) groups is 1. The third kappa shape index (κ3) is 3.99. The van der Waals surface area contributed by atoms with Gasteiger partial charge in [0.05, 0.1) is 6.61 Å². The molecule has 4 heteroatoms. The van der Waals surface area contributed by atoms with Crippen LogP contribution in [0.2, 0.25) is 5.02 Å². The van der Waals surface area contributed by atoms with Crippen LogP contribution in [-0.2, 0) is 0 Å². The molecule has 0 aliphatic carbocycles. The van der Waals surface area contributed by atoms with Gasteiger partial charge in [-0.25, -0.2) is 0 Å². The minimum Gasteiger partial charge on any atom is -0.490 e. The van der Waals surface area contributed by atoms with Crippen molar-refractivity contribution in [2.75, 3.05) is 6.61 Å². The maximum Gasteiger partial charge on any atom is 0.162 e. The first-order valence-corrected chi connectivity index (χ1v) is 7.16. The fourth-order valence-electron chi connectivity index (χ4n) is 1.96. The van der Waals surface area contributed by atoms with Gasteiger partial charge in [-0.2, -0.15) is 0 Å². The third-order valence-corrected chi connectivity index (χ3v) is 3.30. The highest BCUT2D eigenvalue weighted by Gasteiger charge is 2.12. The molecule has 0 bridgehead atoms. The topological polar surface area (TPSA) is 35.5 Å². The Kier molecular flexibility index (Phi) is 5.23. The van der Waals surface area contributed by atoms with E-state index in [0.717, 1.165) is 11.8 Å². The van der Waals surface area contributed by atoms with E-state index >= 15 is 0 Å².